The van der Waals surface area contributed by atoms with Gasteiger partial charge >= 0.3 is 0 Å². The maximum Gasteiger partial charge on any atom is 0.270 e. The van der Waals surface area contributed by atoms with Gasteiger partial charge in [-0.2, -0.15) is 0 Å². The first-order chi connectivity index (χ1) is 10.0. The van der Waals surface area contributed by atoms with Crippen LogP contribution in [0.4, 0.5) is 5.69 Å². The number of furan rings is 1. The van der Waals surface area contributed by atoms with Crippen molar-refractivity contribution < 1.29 is 14.1 Å². The topological polar surface area (TPSA) is 111 Å². The van der Waals surface area contributed by atoms with Gasteiger partial charge in [0.2, 0.25) is 0 Å². The van der Waals surface area contributed by atoms with Crippen molar-refractivity contribution in [2.75, 3.05) is 0 Å². The molecule has 0 saturated heterocycles. The summed E-state index contributed by atoms with van der Waals surface area (Å²) in [5, 5.41) is 10.8. The molecule has 7 nitrogen and oxygen atoms in total. The maximum atomic E-state index is 11.0. The Hall–Kier alpha value is -2.93. The van der Waals surface area contributed by atoms with Crippen LogP contribution in [0, 0.1) is 17.0 Å². The first kappa shape index (κ1) is 14.5. The average Bonchev–Trinajstić information content (AvgIpc) is 2.93. The number of hydrazine groups is 1. The van der Waals surface area contributed by atoms with Gasteiger partial charge in [0.1, 0.15) is 11.5 Å². The number of nitrogens with zero attached hydrogens (tertiary/aromatic N) is 1. The highest BCUT2D eigenvalue weighted by Gasteiger charge is 2.12. The van der Waals surface area contributed by atoms with Crippen molar-refractivity contribution in [2.45, 2.75) is 6.92 Å². The molecule has 3 N–H and O–H groups in total. The molecule has 2 rings (SSSR count). The van der Waals surface area contributed by atoms with E-state index in [0.29, 0.717) is 17.1 Å². The summed E-state index contributed by atoms with van der Waals surface area (Å²) in [5.41, 5.74) is 3.44. The predicted molar refractivity (Wildman–Crippen MR) is 76.9 cm³/mol. The lowest BCUT2D eigenvalue weighted by atomic mass is 10.1. The highest BCUT2D eigenvalue weighted by Crippen LogP contribution is 2.29. The van der Waals surface area contributed by atoms with Gasteiger partial charge in [0.05, 0.1) is 4.92 Å². The molecule has 0 unspecified atom stereocenters. The van der Waals surface area contributed by atoms with E-state index in [-0.39, 0.29) is 5.69 Å². The molecule has 0 atom stereocenters. The molecule has 1 heterocycles. The maximum absolute atomic E-state index is 11.0. The molecule has 2 aromatic rings. The minimum absolute atomic E-state index is 0.00778. The molecule has 0 bridgehead atoms. The summed E-state index contributed by atoms with van der Waals surface area (Å²) in [6.45, 7) is 1.83. The summed E-state index contributed by atoms with van der Waals surface area (Å²) >= 11 is 0. The zero-order valence-electron chi connectivity index (χ0n) is 11.2. The number of nitrogens with two attached hydrogens (primary N) is 1. The van der Waals surface area contributed by atoms with Gasteiger partial charge in [-0.1, -0.05) is 6.07 Å². The molecule has 0 saturated carbocycles. The van der Waals surface area contributed by atoms with E-state index < -0.39 is 10.8 Å². The van der Waals surface area contributed by atoms with Crippen LogP contribution < -0.4 is 11.3 Å². The van der Waals surface area contributed by atoms with Crippen molar-refractivity contribution in [1.29, 1.82) is 0 Å². The Morgan fingerprint density at radius 3 is 2.81 bits per heavy atom. The molecule has 0 fully saturated rings. The van der Waals surface area contributed by atoms with Crippen molar-refractivity contribution in [2.24, 2.45) is 5.84 Å². The number of hydrogen-bond acceptors (Lipinski definition) is 5. The molecule has 108 valence electrons. The number of carbonyl (C=O) groups excluding carboxylic acids is 1. The molecule has 0 aliphatic heterocycles. The van der Waals surface area contributed by atoms with Gasteiger partial charge in [-0.3, -0.25) is 20.3 Å². The van der Waals surface area contributed by atoms with Crippen LogP contribution in [0.5, 0.6) is 0 Å². The Balaban J connectivity index is 2.33. The van der Waals surface area contributed by atoms with E-state index in [1.807, 2.05) is 12.3 Å². The second-order valence-corrected chi connectivity index (χ2v) is 4.30. The Kier molecular flexibility index (Phi) is 4.15. The normalized spacial score (nSPS) is 10.8. The lowest BCUT2D eigenvalue weighted by Gasteiger charge is -2.02. The van der Waals surface area contributed by atoms with Crippen molar-refractivity contribution in [3.8, 4) is 11.3 Å². The van der Waals surface area contributed by atoms with E-state index >= 15 is 0 Å². The Labute approximate surface area is 120 Å². The third kappa shape index (κ3) is 3.34. The van der Waals surface area contributed by atoms with Gasteiger partial charge in [-0.05, 0) is 30.7 Å². The predicted octanol–water partition coefficient (Wildman–Crippen LogP) is 2.17. The van der Waals surface area contributed by atoms with Crippen molar-refractivity contribution in [3.05, 3.63) is 57.8 Å². The third-order valence-corrected chi connectivity index (χ3v) is 2.87. The Morgan fingerprint density at radius 1 is 1.38 bits per heavy atom. The molecule has 0 spiro atoms. The number of amides is 1. The second kappa shape index (κ2) is 6.02. The van der Waals surface area contributed by atoms with Crippen LogP contribution in [-0.2, 0) is 4.79 Å². The van der Waals surface area contributed by atoms with E-state index in [2.05, 4.69) is 0 Å². The molecule has 0 aliphatic carbocycles. The monoisotopic (exact) mass is 287 g/mol. The van der Waals surface area contributed by atoms with Crippen LogP contribution in [0.2, 0.25) is 0 Å². The van der Waals surface area contributed by atoms with Gasteiger partial charge in [0.25, 0.3) is 11.6 Å². The first-order valence-corrected chi connectivity index (χ1v) is 6.05. The van der Waals surface area contributed by atoms with E-state index in [1.165, 1.54) is 24.3 Å². The molecule has 21 heavy (non-hydrogen) atoms. The van der Waals surface area contributed by atoms with Crippen LogP contribution in [0.3, 0.4) is 0 Å². The molecule has 1 aromatic heterocycles. The molecule has 0 radical (unpaired) electrons. The van der Waals surface area contributed by atoms with Crippen molar-refractivity contribution in [3.63, 3.8) is 0 Å². The quantitative estimate of drug-likeness (QED) is 0.294. The standard InChI is InChI=1S/C14H13N3O4/c1-9-2-3-10(17(19)20)8-12(9)13-6-4-11(21-13)5-7-14(18)16-15/h2-8H,15H2,1H3,(H,16,18)/b7-5+. The van der Waals surface area contributed by atoms with E-state index in [1.54, 1.807) is 18.2 Å². The number of benzene rings is 1. The number of non-ortho nitro benzene ring substituents is 1. The summed E-state index contributed by atoms with van der Waals surface area (Å²) in [5.74, 6) is 5.43. The highest BCUT2D eigenvalue weighted by molar-refractivity contribution is 5.90. The highest BCUT2D eigenvalue weighted by atomic mass is 16.6. The zero-order chi connectivity index (χ0) is 15.4. The summed E-state index contributed by atoms with van der Waals surface area (Å²) in [6, 6.07) is 7.90. The molecular weight excluding hydrogens is 274 g/mol. The number of rotatable bonds is 4. The van der Waals surface area contributed by atoms with E-state index in [4.69, 9.17) is 10.3 Å². The van der Waals surface area contributed by atoms with Gasteiger partial charge in [0.15, 0.2) is 0 Å². The largest absolute Gasteiger partial charge is 0.457 e. The van der Waals surface area contributed by atoms with Crippen LogP contribution in [0.1, 0.15) is 11.3 Å². The fourth-order valence-electron chi connectivity index (χ4n) is 1.78. The van der Waals surface area contributed by atoms with Crippen LogP contribution in [0.15, 0.2) is 40.8 Å². The first-order valence-electron chi connectivity index (χ1n) is 6.05. The summed E-state index contributed by atoms with van der Waals surface area (Å²) in [7, 11) is 0. The third-order valence-electron chi connectivity index (χ3n) is 2.87. The fraction of sp³-hybridized carbons (Fsp3) is 0.0714. The molecule has 1 aromatic carbocycles. The Morgan fingerprint density at radius 2 is 2.14 bits per heavy atom. The van der Waals surface area contributed by atoms with Gasteiger partial charge in [-0.25, -0.2) is 5.84 Å². The lowest BCUT2D eigenvalue weighted by Crippen LogP contribution is -2.27. The SMILES string of the molecule is Cc1ccc([N+](=O)[O-])cc1-c1ccc(/C=C/C(=O)NN)o1. The number of aryl methyl sites for hydroxylation is 1. The zero-order valence-corrected chi connectivity index (χ0v) is 11.2. The minimum Gasteiger partial charge on any atom is -0.457 e. The number of hydrogen-bond donors (Lipinski definition) is 2. The number of nitrogens with one attached hydrogen (secondary N) is 1. The number of nitro groups is 1. The van der Waals surface area contributed by atoms with Gasteiger partial charge in [-0.15, -0.1) is 0 Å². The minimum atomic E-state index is -0.460. The molecule has 7 heteroatoms. The van der Waals surface area contributed by atoms with Gasteiger partial charge in [0, 0.05) is 23.8 Å². The molecular formula is C14H13N3O4. The van der Waals surface area contributed by atoms with E-state index in [0.717, 1.165) is 5.56 Å². The summed E-state index contributed by atoms with van der Waals surface area (Å²) < 4.78 is 5.55. The summed E-state index contributed by atoms with van der Waals surface area (Å²) in [6.07, 6.45) is 2.68. The Bertz CT molecular complexity index is 719. The van der Waals surface area contributed by atoms with Gasteiger partial charge < -0.3 is 4.42 Å². The fourth-order valence-corrected chi connectivity index (χ4v) is 1.78. The number of carbonyl (C=O) groups is 1. The second-order valence-electron chi connectivity index (χ2n) is 4.30. The van der Waals surface area contributed by atoms with Crippen molar-refractivity contribution >= 4 is 17.7 Å². The molecule has 1 amide bonds. The summed E-state index contributed by atoms with van der Waals surface area (Å²) in [4.78, 5) is 21.4. The lowest BCUT2D eigenvalue weighted by molar-refractivity contribution is -0.384. The van der Waals surface area contributed by atoms with Crippen LogP contribution in [-0.4, -0.2) is 10.8 Å². The van der Waals surface area contributed by atoms with Crippen LogP contribution in [0.25, 0.3) is 17.4 Å². The average molecular weight is 287 g/mol. The van der Waals surface area contributed by atoms with E-state index in [9.17, 15) is 14.9 Å². The molecule has 0 aliphatic rings. The number of nitro benzene ring substituents is 1. The smallest absolute Gasteiger partial charge is 0.270 e. The van der Waals surface area contributed by atoms with Crippen LogP contribution >= 0.6 is 0 Å². The van der Waals surface area contributed by atoms with Crippen molar-refractivity contribution in [1.82, 2.24) is 5.43 Å².